The van der Waals surface area contributed by atoms with Crippen molar-refractivity contribution in [3.05, 3.63) is 0 Å². The molecule has 1 heterocycles. The number of carboxylic acids is 2. The molecule has 1 fully saturated rings. The number of hydrogen-bond acceptors (Lipinski definition) is 5. The molecule has 1 rings (SSSR count). The number of hydrogen-bond donors (Lipinski definition) is 6. The van der Waals surface area contributed by atoms with Crippen LogP contribution in [0.15, 0.2) is 4.99 Å². The van der Waals surface area contributed by atoms with E-state index in [0.717, 1.165) is 0 Å². The zero-order valence-corrected chi connectivity index (χ0v) is 11.5. The van der Waals surface area contributed by atoms with Crippen LogP contribution in [0.5, 0.6) is 0 Å². The van der Waals surface area contributed by atoms with Gasteiger partial charge in [-0.3, -0.25) is 14.6 Å². The third-order valence-corrected chi connectivity index (χ3v) is 2.58. The SMILES string of the molecule is NC(N)=NCCCC(N)C(=O)O.O=C1CC[C@@H](C(=O)O)N1. The van der Waals surface area contributed by atoms with E-state index in [1.807, 2.05) is 0 Å². The topological polar surface area (TPSA) is 194 Å². The lowest BCUT2D eigenvalue weighted by Crippen LogP contribution is -2.32. The van der Waals surface area contributed by atoms with E-state index in [4.69, 9.17) is 27.4 Å². The van der Waals surface area contributed by atoms with Crippen LogP contribution in [0.25, 0.3) is 0 Å². The minimum absolute atomic E-state index is 0.0129. The molecule has 120 valence electrons. The van der Waals surface area contributed by atoms with Crippen LogP contribution in [0.4, 0.5) is 0 Å². The molecule has 0 aliphatic carbocycles. The maximum atomic E-state index is 10.4. The summed E-state index contributed by atoms with van der Waals surface area (Å²) in [6, 6.07) is -1.46. The zero-order chi connectivity index (χ0) is 16.4. The highest BCUT2D eigenvalue weighted by Crippen LogP contribution is 2.05. The van der Waals surface area contributed by atoms with Crippen LogP contribution < -0.4 is 22.5 Å². The summed E-state index contributed by atoms with van der Waals surface area (Å²) in [6.45, 7) is 0.420. The van der Waals surface area contributed by atoms with E-state index in [-0.39, 0.29) is 11.9 Å². The van der Waals surface area contributed by atoms with Gasteiger partial charge in [-0.15, -0.1) is 0 Å². The third-order valence-electron chi connectivity index (χ3n) is 2.58. The van der Waals surface area contributed by atoms with Crippen molar-refractivity contribution in [3.63, 3.8) is 0 Å². The number of nitrogens with two attached hydrogens (primary N) is 3. The first kappa shape index (κ1) is 18.6. The first-order valence-corrected chi connectivity index (χ1v) is 6.30. The van der Waals surface area contributed by atoms with Crippen LogP contribution in [-0.4, -0.2) is 52.6 Å². The molecule has 0 spiro atoms. The molecular weight excluding hydrogens is 282 g/mol. The molecule has 0 aromatic rings. The number of carbonyl (C=O) groups excluding carboxylic acids is 1. The molecule has 9 N–H and O–H groups in total. The van der Waals surface area contributed by atoms with Gasteiger partial charge < -0.3 is 32.7 Å². The van der Waals surface area contributed by atoms with E-state index in [9.17, 15) is 14.4 Å². The number of rotatable bonds is 6. The Hall–Kier alpha value is -2.36. The van der Waals surface area contributed by atoms with E-state index in [0.29, 0.717) is 32.2 Å². The standard InChI is InChI=1S/C6H14N4O2.C5H7NO3/c7-4(5(11)12)2-1-3-10-6(8)9;7-4-2-1-3(6-4)5(8)9/h4H,1-3,7H2,(H,11,12)(H4,8,9,10);3H,1-2H2,(H,6,7)(H,8,9)/t;3-/m.0/s1. The highest BCUT2D eigenvalue weighted by Gasteiger charge is 2.26. The first-order chi connectivity index (χ1) is 9.73. The van der Waals surface area contributed by atoms with E-state index >= 15 is 0 Å². The van der Waals surface area contributed by atoms with Crippen molar-refractivity contribution >= 4 is 23.8 Å². The smallest absolute Gasteiger partial charge is 0.326 e. The minimum Gasteiger partial charge on any atom is -0.480 e. The summed E-state index contributed by atoms with van der Waals surface area (Å²) in [5.74, 6) is -2.10. The fraction of sp³-hybridized carbons (Fsp3) is 0.636. The predicted molar refractivity (Wildman–Crippen MR) is 74.3 cm³/mol. The number of nitrogens with zero attached hydrogens (tertiary/aromatic N) is 1. The van der Waals surface area contributed by atoms with Gasteiger partial charge in [0.05, 0.1) is 0 Å². The molecule has 2 atom stereocenters. The lowest BCUT2D eigenvalue weighted by molar-refractivity contribution is -0.140. The van der Waals surface area contributed by atoms with Crippen molar-refractivity contribution in [3.8, 4) is 0 Å². The molecule has 0 radical (unpaired) electrons. The lowest BCUT2D eigenvalue weighted by Gasteiger charge is -2.03. The number of guanidine groups is 1. The number of aliphatic imine (C=N–C) groups is 1. The summed E-state index contributed by atoms with van der Waals surface area (Å²) in [7, 11) is 0. The molecule has 1 unspecified atom stereocenters. The summed E-state index contributed by atoms with van der Waals surface area (Å²) >= 11 is 0. The number of amides is 1. The van der Waals surface area contributed by atoms with Gasteiger partial charge in [-0.05, 0) is 19.3 Å². The highest BCUT2D eigenvalue weighted by atomic mass is 16.4. The molecule has 21 heavy (non-hydrogen) atoms. The normalized spacial score (nSPS) is 18.0. The fourth-order valence-corrected chi connectivity index (χ4v) is 1.44. The lowest BCUT2D eigenvalue weighted by atomic mass is 10.2. The van der Waals surface area contributed by atoms with Crippen molar-refractivity contribution in [1.82, 2.24) is 5.32 Å². The van der Waals surface area contributed by atoms with Gasteiger partial charge in [0.25, 0.3) is 0 Å². The largest absolute Gasteiger partial charge is 0.480 e. The molecule has 0 aromatic heterocycles. The second-order valence-corrected chi connectivity index (χ2v) is 4.39. The van der Waals surface area contributed by atoms with Crippen molar-refractivity contribution in [2.24, 2.45) is 22.2 Å². The zero-order valence-electron chi connectivity index (χ0n) is 11.5. The van der Waals surface area contributed by atoms with Gasteiger partial charge in [0.1, 0.15) is 12.1 Å². The Morgan fingerprint density at radius 2 is 2.00 bits per heavy atom. The van der Waals surface area contributed by atoms with Crippen molar-refractivity contribution < 1.29 is 24.6 Å². The van der Waals surface area contributed by atoms with Gasteiger partial charge in [0.2, 0.25) is 5.91 Å². The Balaban J connectivity index is 0.000000394. The van der Waals surface area contributed by atoms with E-state index in [1.165, 1.54) is 0 Å². The maximum absolute atomic E-state index is 10.4. The van der Waals surface area contributed by atoms with Crippen molar-refractivity contribution in [1.29, 1.82) is 0 Å². The molecule has 0 bridgehead atoms. The fourth-order valence-electron chi connectivity index (χ4n) is 1.44. The average molecular weight is 303 g/mol. The maximum Gasteiger partial charge on any atom is 0.326 e. The quantitative estimate of drug-likeness (QED) is 0.180. The molecule has 1 amide bonds. The number of carboxylic acid groups (broad SMARTS) is 2. The van der Waals surface area contributed by atoms with Gasteiger partial charge in [0.15, 0.2) is 5.96 Å². The van der Waals surface area contributed by atoms with Crippen LogP contribution >= 0.6 is 0 Å². The Morgan fingerprint density at radius 3 is 2.33 bits per heavy atom. The second-order valence-electron chi connectivity index (χ2n) is 4.39. The molecule has 10 heteroatoms. The van der Waals surface area contributed by atoms with E-state index in [2.05, 4.69) is 10.3 Å². The Labute approximate surface area is 121 Å². The van der Waals surface area contributed by atoms with E-state index in [1.54, 1.807) is 0 Å². The third kappa shape index (κ3) is 9.21. The van der Waals surface area contributed by atoms with Crippen LogP contribution in [0.3, 0.4) is 0 Å². The highest BCUT2D eigenvalue weighted by molar-refractivity contribution is 5.87. The monoisotopic (exact) mass is 303 g/mol. The van der Waals surface area contributed by atoms with Gasteiger partial charge in [-0.25, -0.2) is 4.79 Å². The average Bonchev–Trinajstić information content (AvgIpc) is 2.81. The summed E-state index contributed by atoms with van der Waals surface area (Å²) in [5.41, 5.74) is 15.3. The van der Waals surface area contributed by atoms with Crippen LogP contribution in [0, 0.1) is 0 Å². The Morgan fingerprint density at radius 1 is 1.38 bits per heavy atom. The van der Waals surface area contributed by atoms with Crippen molar-refractivity contribution in [2.75, 3.05) is 6.54 Å². The molecule has 0 saturated carbocycles. The summed E-state index contributed by atoms with van der Waals surface area (Å²) in [6.07, 6.45) is 1.72. The minimum atomic E-state index is -1.00. The van der Waals surface area contributed by atoms with Gasteiger partial charge >= 0.3 is 11.9 Å². The van der Waals surface area contributed by atoms with Gasteiger partial charge in [-0.2, -0.15) is 0 Å². The van der Waals surface area contributed by atoms with E-state index < -0.39 is 24.0 Å². The molecule has 10 nitrogen and oxygen atoms in total. The molecule has 1 aliphatic rings. The Kier molecular flexibility index (Phi) is 8.46. The van der Waals surface area contributed by atoms with Crippen molar-refractivity contribution in [2.45, 2.75) is 37.8 Å². The van der Waals surface area contributed by atoms with Crippen LogP contribution in [0.1, 0.15) is 25.7 Å². The molecule has 0 aromatic carbocycles. The number of aliphatic carboxylic acids is 2. The first-order valence-electron chi connectivity index (χ1n) is 6.30. The second kappa shape index (κ2) is 9.53. The number of nitrogens with one attached hydrogen (secondary N) is 1. The molecule has 1 saturated heterocycles. The molecular formula is C11H21N5O5. The summed E-state index contributed by atoms with van der Waals surface area (Å²) in [5, 5.41) is 19.0. The Bertz CT molecular complexity index is 408. The number of carbonyl (C=O) groups is 3. The van der Waals surface area contributed by atoms with Gasteiger partial charge in [0, 0.05) is 13.0 Å². The van der Waals surface area contributed by atoms with Gasteiger partial charge in [-0.1, -0.05) is 0 Å². The summed E-state index contributed by atoms with van der Waals surface area (Å²) in [4.78, 5) is 34.4. The molecule has 1 aliphatic heterocycles. The predicted octanol–water partition coefficient (Wildman–Crippen LogP) is -2.20. The van der Waals surface area contributed by atoms with Crippen LogP contribution in [-0.2, 0) is 14.4 Å². The van der Waals surface area contributed by atoms with Crippen LogP contribution in [0.2, 0.25) is 0 Å². The summed E-state index contributed by atoms with van der Waals surface area (Å²) < 4.78 is 0.